The molecule has 0 radical (unpaired) electrons. The summed E-state index contributed by atoms with van der Waals surface area (Å²) in [5.41, 5.74) is 2.85. The van der Waals surface area contributed by atoms with E-state index >= 15 is 0 Å². The fourth-order valence-electron chi connectivity index (χ4n) is 2.60. The van der Waals surface area contributed by atoms with Gasteiger partial charge >= 0.3 is 5.97 Å². The molecule has 0 saturated heterocycles. The number of rotatable bonds is 8. The minimum atomic E-state index is -1.03. The molecule has 24 heavy (non-hydrogen) atoms. The van der Waals surface area contributed by atoms with Crippen LogP contribution in [0.25, 0.3) is 0 Å². The first-order valence-corrected chi connectivity index (χ1v) is 8.20. The first-order chi connectivity index (χ1) is 11.5. The Hall–Kier alpha value is -2.56. The minimum Gasteiger partial charge on any atom is -0.481 e. The molecular formula is C19H23NO4. The summed E-state index contributed by atoms with van der Waals surface area (Å²) in [5, 5.41) is 11.7. The van der Waals surface area contributed by atoms with E-state index in [1.54, 1.807) is 6.92 Å². The molecule has 0 atom stereocenters. The lowest BCUT2D eigenvalue weighted by molar-refractivity contribution is -0.136. The Kier molecular flexibility index (Phi) is 6.18. The van der Waals surface area contributed by atoms with Crippen molar-refractivity contribution >= 4 is 17.6 Å². The number of hydrogen-bond donors (Lipinski definition) is 2. The van der Waals surface area contributed by atoms with Gasteiger partial charge in [-0.25, -0.2) is 0 Å². The highest BCUT2D eigenvalue weighted by Crippen LogP contribution is 2.20. The number of unbranched alkanes of at least 4 members (excludes halogenated alkanes) is 2. The van der Waals surface area contributed by atoms with Gasteiger partial charge in [0.05, 0.1) is 11.8 Å². The number of nitrogens with one attached hydrogen (secondary N) is 1. The lowest BCUT2D eigenvalue weighted by atomic mass is 10.1. The second-order valence-corrected chi connectivity index (χ2v) is 5.90. The predicted octanol–water partition coefficient (Wildman–Crippen LogP) is 4.20. The summed E-state index contributed by atoms with van der Waals surface area (Å²) in [6, 6.07) is 7.74. The second-order valence-electron chi connectivity index (χ2n) is 5.90. The Labute approximate surface area is 141 Å². The highest BCUT2D eigenvalue weighted by atomic mass is 16.4. The first-order valence-electron chi connectivity index (χ1n) is 8.20. The van der Waals surface area contributed by atoms with Crippen molar-refractivity contribution in [1.82, 2.24) is 0 Å². The number of amides is 1. The standard InChI is InChI=1S/C19H23NO4/c1-3-4-5-6-14-7-9-15(10-8-14)20-19(23)18-13(2)12-24-16(18)11-17(21)22/h7-10,12H,3-6,11H2,1-2H3,(H,20,23)(H,21,22). The summed E-state index contributed by atoms with van der Waals surface area (Å²) < 4.78 is 5.20. The topological polar surface area (TPSA) is 79.5 Å². The summed E-state index contributed by atoms with van der Waals surface area (Å²) in [4.78, 5) is 23.3. The van der Waals surface area contributed by atoms with Gasteiger partial charge in [-0.3, -0.25) is 9.59 Å². The van der Waals surface area contributed by atoms with Gasteiger partial charge in [0, 0.05) is 11.3 Å². The van der Waals surface area contributed by atoms with E-state index in [2.05, 4.69) is 12.2 Å². The molecule has 1 aromatic carbocycles. The van der Waals surface area contributed by atoms with E-state index in [1.165, 1.54) is 24.7 Å². The number of anilines is 1. The number of aliphatic carboxylic acids is 1. The number of furan rings is 1. The van der Waals surface area contributed by atoms with Gasteiger partial charge in [-0.05, 0) is 37.5 Å². The normalized spacial score (nSPS) is 10.6. The number of hydrogen-bond acceptors (Lipinski definition) is 3. The molecular weight excluding hydrogens is 306 g/mol. The fourth-order valence-corrected chi connectivity index (χ4v) is 2.60. The number of carboxylic acid groups (broad SMARTS) is 1. The molecule has 1 heterocycles. The van der Waals surface area contributed by atoms with E-state index in [-0.39, 0.29) is 18.1 Å². The van der Waals surface area contributed by atoms with Gasteiger partial charge in [0.1, 0.15) is 12.2 Å². The molecule has 0 spiro atoms. The third kappa shape index (κ3) is 4.72. The molecule has 1 aromatic heterocycles. The van der Waals surface area contributed by atoms with Crippen LogP contribution in [0.3, 0.4) is 0 Å². The van der Waals surface area contributed by atoms with Crippen LogP contribution in [0.15, 0.2) is 34.9 Å². The van der Waals surface area contributed by atoms with Crippen LogP contribution < -0.4 is 5.32 Å². The third-order valence-corrected chi connectivity index (χ3v) is 3.87. The maximum Gasteiger partial charge on any atom is 0.311 e. The van der Waals surface area contributed by atoms with E-state index in [1.807, 2.05) is 24.3 Å². The number of benzene rings is 1. The van der Waals surface area contributed by atoms with Gasteiger partial charge in [0.15, 0.2) is 0 Å². The van der Waals surface area contributed by atoms with Crippen LogP contribution in [0, 0.1) is 6.92 Å². The van der Waals surface area contributed by atoms with Crippen LogP contribution in [0.1, 0.15) is 53.4 Å². The zero-order valence-corrected chi connectivity index (χ0v) is 14.1. The summed E-state index contributed by atoms with van der Waals surface area (Å²) in [6.45, 7) is 3.90. The smallest absolute Gasteiger partial charge is 0.311 e. The summed E-state index contributed by atoms with van der Waals surface area (Å²) in [6.07, 6.45) is 5.69. The maximum absolute atomic E-state index is 12.4. The Balaban J connectivity index is 2.04. The van der Waals surface area contributed by atoms with E-state index < -0.39 is 5.97 Å². The van der Waals surface area contributed by atoms with Crippen molar-refractivity contribution in [2.45, 2.75) is 46.0 Å². The van der Waals surface area contributed by atoms with Crippen LogP contribution >= 0.6 is 0 Å². The van der Waals surface area contributed by atoms with Crippen LogP contribution in [0.2, 0.25) is 0 Å². The van der Waals surface area contributed by atoms with Gasteiger partial charge in [-0.1, -0.05) is 31.9 Å². The molecule has 128 valence electrons. The maximum atomic E-state index is 12.4. The molecule has 0 aliphatic heterocycles. The molecule has 0 aliphatic rings. The summed E-state index contributed by atoms with van der Waals surface area (Å²) in [5.74, 6) is -1.21. The highest BCUT2D eigenvalue weighted by molar-refractivity contribution is 6.06. The Morgan fingerprint density at radius 1 is 1.17 bits per heavy atom. The quantitative estimate of drug-likeness (QED) is 0.711. The van der Waals surface area contributed by atoms with Gasteiger partial charge in [0.2, 0.25) is 0 Å². The van der Waals surface area contributed by atoms with Crippen molar-refractivity contribution in [3.05, 3.63) is 53.0 Å². The second kappa shape index (κ2) is 8.34. The lowest BCUT2D eigenvalue weighted by Gasteiger charge is -2.07. The third-order valence-electron chi connectivity index (χ3n) is 3.87. The predicted molar refractivity (Wildman–Crippen MR) is 92.4 cm³/mol. The van der Waals surface area contributed by atoms with Crippen molar-refractivity contribution in [1.29, 1.82) is 0 Å². The van der Waals surface area contributed by atoms with Gasteiger partial charge in [-0.2, -0.15) is 0 Å². The van der Waals surface area contributed by atoms with Gasteiger partial charge in [-0.15, -0.1) is 0 Å². The van der Waals surface area contributed by atoms with E-state index in [4.69, 9.17) is 9.52 Å². The molecule has 2 rings (SSSR count). The monoisotopic (exact) mass is 329 g/mol. The molecule has 0 bridgehead atoms. The largest absolute Gasteiger partial charge is 0.481 e. The van der Waals surface area contributed by atoms with E-state index in [0.717, 1.165) is 12.8 Å². The van der Waals surface area contributed by atoms with Crippen molar-refractivity contribution in [3.8, 4) is 0 Å². The zero-order chi connectivity index (χ0) is 17.5. The van der Waals surface area contributed by atoms with Crippen molar-refractivity contribution in [3.63, 3.8) is 0 Å². The first kappa shape index (κ1) is 17.8. The molecule has 2 N–H and O–H groups in total. The molecule has 0 unspecified atom stereocenters. The average molecular weight is 329 g/mol. The average Bonchev–Trinajstić information content (AvgIpc) is 2.89. The summed E-state index contributed by atoms with van der Waals surface area (Å²) >= 11 is 0. The number of carbonyl (C=O) groups is 2. The van der Waals surface area contributed by atoms with Crippen LogP contribution in [0.4, 0.5) is 5.69 Å². The molecule has 0 aliphatic carbocycles. The number of carboxylic acids is 1. The van der Waals surface area contributed by atoms with Crippen LogP contribution in [-0.4, -0.2) is 17.0 Å². The van der Waals surface area contributed by atoms with Crippen LogP contribution in [-0.2, 0) is 17.6 Å². The number of aryl methyl sites for hydroxylation is 2. The fraction of sp³-hybridized carbons (Fsp3) is 0.368. The van der Waals surface area contributed by atoms with Crippen molar-refractivity contribution in [2.24, 2.45) is 0 Å². The zero-order valence-electron chi connectivity index (χ0n) is 14.1. The number of carbonyl (C=O) groups excluding carboxylic acids is 1. The Morgan fingerprint density at radius 3 is 2.50 bits per heavy atom. The molecule has 5 heteroatoms. The molecule has 5 nitrogen and oxygen atoms in total. The highest BCUT2D eigenvalue weighted by Gasteiger charge is 2.20. The Bertz CT molecular complexity index is 701. The van der Waals surface area contributed by atoms with Gasteiger partial charge < -0.3 is 14.8 Å². The molecule has 1 amide bonds. The van der Waals surface area contributed by atoms with Crippen molar-refractivity contribution in [2.75, 3.05) is 5.32 Å². The van der Waals surface area contributed by atoms with Gasteiger partial charge in [0.25, 0.3) is 5.91 Å². The molecule has 0 saturated carbocycles. The Morgan fingerprint density at radius 2 is 1.88 bits per heavy atom. The van der Waals surface area contributed by atoms with E-state index in [0.29, 0.717) is 16.8 Å². The summed E-state index contributed by atoms with van der Waals surface area (Å²) in [7, 11) is 0. The minimum absolute atomic E-state index is 0.175. The molecule has 2 aromatic rings. The van der Waals surface area contributed by atoms with Crippen molar-refractivity contribution < 1.29 is 19.1 Å². The molecule has 0 fully saturated rings. The van der Waals surface area contributed by atoms with E-state index in [9.17, 15) is 9.59 Å². The van der Waals surface area contributed by atoms with Crippen LogP contribution in [0.5, 0.6) is 0 Å². The SMILES string of the molecule is CCCCCc1ccc(NC(=O)c2c(C)coc2CC(=O)O)cc1. The lowest BCUT2D eigenvalue weighted by Crippen LogP contribution is -2.15.